The Bertz CT molecular complexity index is 431. The average molecular weight is 294 g/mol. The fourth-order valence-electron chi connectivity index (χ4n) is 1.24. The van der Waals surface area contributed by atoms with Crippen molar-refractivity contribution in [3.63, 3.8) is 0 Å². The maximum atomic E-state index is 12.0. The van der Waals surface area contributed by atoms with Crippen molar-refractivity contribution >= 4 is 17.5 Å². The molecular formula is C12H14ClF2NO3. The van der Waals surface area contributed by atoms with Crippen LogP contribution < -0.4 is 10.1 Å². The van der Waals surface area contributed by atoms with Crippen molar-refractivity contribution in [2.24, 2.45) is 0 Å². The third-order valence-electron chi connectivity index (χ3n) is 2.25. The first-order chi connectivity index (χ1) is 8.90. The second-order valence-electron chi connectivity index (χ2n) is 3.86. The normalized spacial score (nSPS) is 14.0. The van der Waals surface area contributed by atoms with Gasteiger partial charge in [-0.2, -0.15) is 0 Å². The molecule has 0 saturated carbocycles. The Hall–Kier alpha value is -1.40. The minimum atomic E-state index is -2.90. The number of ether oxygens (including phenoxy) is 1. The van der Waals surface area contributed by atoms with E-state index in [4.69, 9.17) is 21.4 Å². The molecule has 0 aromatic heterocycles. The highest BCUT2D eigenvalue weighted by molar-refractivity contribution is 6.30. The molecule has 0 aliphatic rings. The quantitative estimate of drug-likeness (QED) is 0.841. The van der Waals surface area contributed by atoms with Crippen LogP contribution in [0.3, 0.4) is 0 Å². The van der Waals surface area contributed by atoms with Gasteiger partial charge in [-0.3, -0.25) is 4.79 Å². The minimum Gasteiger partial charge on any atom is -0.481 e. The summed E-state index contributed by atoms with van der Waals surface area (Å²) in [6.45, 7) is 0.935. The van der Waals surface area contributed by atoms with Gasteiger partial charge >= 0.3 is 0 Å². The Morgan fingerprint density at radius 3 is 2.79 bits per heavy atom. The smallest absolute Gasteiger partial charge is 0.265 e. The molecule has 0 bridgehead atoms. The zero-order valence-corrected chi connectivity index (χ0v) is 10.9. The van der Waals surface area contributed by atoms with E-state index in [2.05, 4.69) is 5.32 Å². The van der Waals surface area contributed by atoms with E-state index in [9.17, 15) is 13.6 Å². The Balaban J connectivity index is 2.45. The highest BCUT2D eigenvalue weighted by Gasteiger charge is 2.20. The zero-order valence-electron chi connectivity index (χ0n) is 10.1. The summed E-state index contributed by atoms with van der Waals surface area (Å²) in [5.41, 5.74) is 0. The van der Waals surface area contributed by atoms with Crippen molar-refractivity contribution in [2.45, 2.75) is 25.6 Å². The van der Waals surface area contributed by atoms with Gasteiger partial charge < -0.3 is 15.2 Å². The second-order valence-corrected chi connectivity index (χ2v) is 4.30. The van der Waals surface area contributed by atoms with Crippen molar-refractivity contribution in [2.75, 3.05) is 6.54 Å². The second kappa shape index (κ2) is 7.25. The zero-order chi connectivity index (χ0) is 14.4. The van der Waals surface area contributed by atoms with Crippen LogP contribution in [0.25, 0.3) is 0 Å². The lowest BCUT2D eigenvalue weighted by atomic mass is 10.3. The molecule has 0 heterocycles. The molecule has 0 aliphatic carbocycles. The van der Waals surface area contributed by atoms with Crippen LogP contribution in [-0.4, -0.2) is 36.2 Å². The molecule has 1 amide bonds. The number of carbonyl (C=O) groups excluding carboxylic acids is 1. The topological polar surface area (TPSA) is 58.6 Å². The Morgan fingerprint density at radius 2 is 2.21 bits per heavy atom. The molecule has 2 N–H and O–H groups in total. The Morgan fingerprint density at radius 1 is 1.53 bits per heavy atom. The standard InChI is InChI=1S/C12H14ClF2NO3/c1-7(12(18)16-6-10(17)11(14)15)19-9-4-2-3-8(13)5-9/h2-5,7,10-11,17H,6H2,1H3,(H,16,18). The van der Waals surface area contributed by atoms with Gasteiger partial charge in [0.2, 0.25) is 0 Å². The molecule has 7 heteroatoms. The summed E-state index contributed by atoms with van der Waals surface area (Å²) in [4.78, 5) is 11.5. The number of rotatable bonds is 6. The summed E-state index contributed by atoms with van der Waals surface area (Å²) in [5, 5.41) is 11.5. The molecule has 0 aliphatic heterocycles. The van der Waals surface area contributed by atoms with Gasteiger partial charge in [0.1, 0.15) is 11.9 Å². The van der Waals surface area contributed by atoms with Crippen LogP contribution in [0, 0.1) is 0 Å². The van der Waals surface area contributed by atoms with Crippen molar-refractivity contribution in [3.8, 4) is 5.75 Å². The van der Waals surface area contributed by atoms with Gasteiger partial charge in [-0.15, -0.1) is 0 Å². The first kappa shape index (κ1) is 15.7. The number of alkyl halides is 2. The number of hydrogen-bond donors (Lipinski definition) is 2. The molecule has 1 rings (SSSR count). The summed E-state index contributed by atoms with van der Waals surface area (Å²) >= 11 is 5.75. The number of amides is 1. The monoisotopic (exact) mass is 293 g/mol. The first-order valence-electron chi connectivity index (χ1n) is 5.56. The molecule has 0 fully saturated rings. The molecule has 0 spiro atoms. The van der Waals surface area contributed by atoms with E-state index in [0.717, 1.165) is 0 Å². The predicted octanol–water partition coefficient (Wildman–Crippen LogP) is 1.85. The van der Waals surface area contributed by atoms with E-state index in [1.54, 1.807) is 18.2 Å². The summed E-state index contributed by atoms with van der Waals surface area (Å²) in [6.07, 6.45) is -5.67. The SMILES string of the molecule is CC(Oc1cccc(Cl)c1)C(=O)NCC(O)C(F)F. The van der Waals surface area contributed by atoms with Gasteiger partial charge in [0, 0.05) is 11.6 Å². The lowest BCUT2D eigenvalue weighted by molar-refractivity contribution is -0.128. The molecule has 19 heavy (non-hydrogen) atoms. The van der Waals surface area contributed by atoms with E-state index >= 15 is 0 Å². The van der Waals surface area contributed by atoms with Gasteiger partial charge in [0.05, 0.1) is 0 Å². The molecule has 0 radical (unpaired) electrons. The average Bonchev–Trinajstić information content (AvgIpc) is 2.35. The summed E-state index contributed by atoms with van der Waals surface area (Å²) in [5.74, 6) is -0.204. The summed E-state index contributed by atoms with van der Waals surface area (Å²) in [6, 6.07) is 6.45. The van der Waals surface area contributed by atoms with Crippen LogP contribution in [0.1, 0.15) is 6.92 Å². The van der Waals surface area contributed by atoms with Gasteiger partial charge in [-0.25, -0.2) is 8.78 Å². The minimum absolute atomic E-state index is 0.393. The molecule has 0 saturated heterocycles. The Labute approximate surface area is 114 Å². The third-order valence-corrected chi connectivity index (χ3v) is 2.49. The van der Waals surface area contributed by atoms with Gasteiger partial charge in [-0.05, 0) is 25.1 Å². The van der Waals surface area contributed by atoms with Crippen LogP contribution >= 0.6 is 11.6 Å². The summed E-state index contributed by atoms with van der Waals surface area (Å²) in [7, 11) is 0. The van der Waals surface area contributed by atoms with E-state index in [-0.39, 0.29) is 0 Å². The molecule has 106 valence electrons. The largest absolute Gasteiger partial charge is 0.481 e. The predicted molar refractivity (Wildman–Crippen MR) is 66.6 cm³/mol. The third kappa shape index (κ3) is 5.40. The van der Waals surface area contributed by atoms with Crippen LogP contribution in [-0.2, 0) is 4.79 Å². The molecule has 2 atom stereocenters. The molecule has 1 aromatic carbocycles. The van der Waals surface area contributed by atoms with E-state index < -0.39 is 31.1 Å². The lowest BCUT2D eigenvalue weighted by Crippen LogP contribution is -2.42. The fraction of sp³-hybridized carbons (Fsp3) is 0.417. The number of carbonyl (C=O) groups is 1. The van der Waals surface area contributed by atoms with E-state index in [1.807, 2.05) is 0 Å². The molecule has 1 aromatic rings. The lowest BCUT2D eigenvalue weighted by Gasteiger charge is -2.16. The highest BCUT2D eigenvalue weighted by Crippen LogP contribution is 2.18. The molecular weight excluding hydrogens is 280 g/mol. The van der Waals surface area contributed by atoms with Crippen LogP contribution in [0.4, 0.5) is 8.78 Å². The number of hydrogen-bond acceptors (Lipinski definition) is 3. The fourth-order valence-corrected chi connectivity index (χ4v) is 1.42. The van der Waals surface area contributed by atoms with Crippen molar-refractivity contribution in [3.05, 3.63) is 29.3 Å². The highest BCUT2D eigenvalue weighted by atomic mass is 35.5. The first-order valence-corrected chi connectivity index (χ1v) is 5.94. The Kier molecular flexibility index (Phi) is 5.98. The van der Waals surface area contributed by atoms with Crippen LogP contribution in [0.5, 0.6) is 5.75 Å². The van der Waals surface area contributed by atoms with Crippen LogP contribution in [0.15, 0.2) is 24.3 Å². The van der Waals surface area contributed by atoms with Crippen LogP contribution in [0.2, 0.25) is 5.02 Å². The maximum absolute atomic E-state index is 12.0. The molecule has 4 nitrogen and oxygen atoms in total. The number of benzene rings is 1. The van der Waals surface area contributed by atoms with Gasteiger partial charge in [-0.1, -0.05) is 17.7 Å². The van der Waals surface area contributed by atoms with E-state index in [1.165, 1.54) is 13.0 Å². The summed E-state index contributed by atoms with van der Waals surface area (Å²) < 4.78 is 29.3. The number of aliphatic hydroxyl groups excluding tert-OH is 1. The van der Waals surface area contributed by atoms with Crippen molar-refractivity contribution in [1.29, 1.82) is 0 Å². The number of halogens is 3. The van der Waals surface area contributed by atoms with E-state index in [0.29, 0.717) is 10.8 Å². The van der Waals surface area contributed by atoms with Gasteiger partial charge in [0.15, 0.2) is 6.10 Å². The van der Waals surface area contributed by atoms with Crippen molar-refractivity contribution in [1.82, 2.24) is 5.32 Å². The van der Waals surface area contributed by atoms with Crippen molar-refractivity contribution < 1.29 is 23.4 Å². The molecule has 2 unspecified atom stereocenters. The van der Waals surface area contributed by atoms with Gasteiger partial charge in [0.25, 0.3) is 12.3 Å². The maximum Gasteiger partial charge on any atom is 0.265 e. The number of aliphatic hydroxyl groups is 1. The number of nitrogens with one attached hydrogen (secondary N) is 1.